The van der Waals surface area contributed by atoms with Crippen molar-refractivity contribution in [1.29, 1.82) is 0 Å². The molecule has 1 aromatic heterocycles. The van der Waals surface area contributed by atoms with Crippen LogP contribution in [0.5, 0.6) is 0 Å². The van der Waals surface area contributed by atoms with Gasteiger partial charge in [0.15, 0.2) is 11.0 Å². The number of aromatic nitrogens is 3. The van der Waals surface area contributed by atoms with E-state index in [1.54, 1.807) is 18.2 Å². The molecule has 174 valence electrons. The summed E-state index contributed by atoms with van der Waals surface area (Å²) in [5.41, 5.74) is 1.80. The van der Waals surface area contributed by atoms with Gasteiger partial charge in [-0.2, -0.15) is 0 Å². The highest BCUT2D eigenvalue weighted by molar-refractivity contribution is 7.99. The zero-order chi connectivity index (χ0) is 23.2. The molecule has 1 amide bonds. The maximum Gasteiger partial charge on any atom is 0.233 e. The van der Waals surface area contributed by atoms with Crippen LogP contribution in [0, 0.1) is 17.7 Å². The fourth-order valence-corrected chi connectivity index (χ4v) is 5.17. The summed E-state index contributed by atoms with van der Waals surface area (Å²) in [5, 5.41) is 9.23. The molecule has 0 bridgehead atoms. The van der Waals surface area contributed by atoms with Gasteiger partial charge in [-0.25, -0.2) is 4.39 Å². The van der Waals surface area contributed by atoms with Crippen molar-refractivity contribution in [1.82, 2.24) is 19.7 Å². The minimum Gasteiger partial charge on any atom is -0.342 e. The fourth-order valence-electron chi connectivity index (χ4n) is 4.32. The molecule has 1 fully saturated rings. The maximum atomic E-state index is 14.4. The molecule has 33 heavy (non-hydrogen) atoms. The molecule has 0 radical (unpaired) electrons. The molecule has 0 unspecified atom stereocenters. The summed E-state index contributed by atoms with van der Waals surface area (Å²) in [6.07, 6.45) is 3.15. The molecule has 2 heterocycles. The smallest absolute Gasteiger partial charge is 0.233 e. The number of hydrogen-bond acceptors (Lipinski definition) is 4. The van der Waals surface area contributed by atoms with E-state index >= 15 is 0 Å². The Hall–Kier alpha value is -2.67. The molecule has 4 rings (SSSR count). The van der Waals surface area contributed by atoms with E-state index in [-0.39, 0.29) is 11.7 Å². The molecule has 0 atom stereocenters. The summed E-state index contributed by atoms with van der Waals surface area (Å²) in [6, 6.07) is 17.2. The van der Waals surface area contributed by atoms with Crippen LogP contribution in [0.3, 0.4) is 0 Å². The second kappa shape index (κ2) is 11.0. The average molecular weight is 467 g/mol. The molecule has 0 saturated carbocycles. The first-order valence-electron chi connectivity index (χ1n) is 11.6. The molecular formula is C26H31FN4OS. The van der Waals surface area contributed by atoms with Gasteiger partial charge in [0.2, 0.25) is 5.91 Å². The van der Waals surface area contributed by atoms with Crippen molar-refractivity contribution in [2.75, 3.05) is 18.8 Å². The highest BCUT2D eigenvalue weighted by atomic mass is 32.2. The van der Waals surface area contributed by atoms with Crippen molar-refractivity contribution in [3.63, 3.8) is 0 Å². The molecule has 2 aromatic carbocycles. The average Bonchev–Trinajstić information content (AvgIpc) is 3.20. The number of nitrogens with zero attached hydrogens (tertiary/aromatic N) is 4. The van der Waals surface area contributed by atoms with Gasteiger partial charge in [-0.1, -0.05) is 68.1 Å². The van der Waals surface area contributed by atoms with E-state index in [1.807, 2.05) is 15.5 Å². The highest BCUT2D eigenvalue weighted by Crippen LogP contribution is 2.28. The molecule has 3 aromatic rings. The van der Waals surface area contributed by atoms with Gasteiger partial charge in [-0.3, -0.25) is 4.79 Å². The number of likely N-dealkylation sites (tertiary alicyclic amines) is 1. The van der Waals surface area contributed by atoms with Crippen molar-refractivity contribution < 1.29 is 9.18 Å². The van der Waals surface area contributed by atoms with Gasteiger partial charge < -0.3 is 9.47 Å². The standard InChI is InChI=1S/C26H31FN4OS/c1-19(2)17-31-25(22-10-6-7-11-23(22)27)28-29-26(31)33-18-24(32)30-14-12-21(13-15-30)16-20-8-4-3-5-9-20/h3-11,19,21H,12-18H2,1-2H3. The molecule has 5 nitrogen and oxygen atoms in total. The lowest BCUT2D eigenvalue weighted by Crippen LogP contribution is -2.39. The Morgan fingerprint density at radius 3 is 2.45 bits per heavy atom. The molecule has 1 aliphatic rings. The third-order valence-corrected chi connectivity index (χ3v) is 6.99. The number of benzene rings is 2. The Balaban J connectivity index is 1.36. The van der Waals surface area contributed by atoms with E-state index in [0.717, 1.165) is 32.4 Å². The van der Waals surface area contributed by atoms with Crippen molar-refractivity contribution in [2.24, 2.45) is 11.8 Å². The summed E-state index contributed by atoms with van der Waals surface area (Å²) >= 11 is 1.39. The molecule has 0 N–H and O–H groups in total. The first-order chi connectivity index (χ1) is 16.0. The third-order valence-electron chi connectivity index (χ3n) is 6.04. The maximum absolute atomic E-state index is 14.4. The SMILES string of the molecule is CC(C)Cn1c(SCC(=O)N2CCC(Cc3ccccc3)CC2)nnc1-c1ccccc1F. The highest BCUT2D eigenvalue weighted by Gasteiger charge is 2.24. The topological polar surface area (TPSA) is 51.0 Å². The van der Waals surface area contributed by atoms with E-state index in [9.17, 15) is 9.18 Å². The molecule has 1 aliphatic heterocycles. The van der Waals surface area contributed by atoms with Gasteiger partial charge in [-0.15, -0.1) is 10.2 Å². The Labute approximate surface area is 199 Å². The zero-order valence-electron chi connectivity index (χ0n) is 19.3. The summed E-state index contributed by atoms with van der Waals surface area (Å²) in [4.78, 5) is 14.9. The van der Waals surface area contributed by atoms with Crippen LogP contribution < -0.4 is 0 Å². The lowest BCUT2D eigenvalue weighted by molar-refractivity contribution is -0.129. The predicted octanol–water partition coefficient (Wildman–Crippen LogP) is 5.31. The number of hydrogen-bond donors (Lipinski definition) is 0. The Morgan fingerprint density at radius 2 is 1.76 bits per heavy atom. The van der Waals surface area contributed by atoms with E-state index < -0.39 is 0 Å². The van der Waals surface area contributed by atoms with Gasteiger partial charge in [0, 0.05) is 19.6 Å². The molecule has 1 saturated heterocycles. The molecule has 0 spiro atoms. The van der Waals surface area contributed by atoms with Crippen LogP contribution in [0.2, 0.25) is 0 Å². The monoisotopic (exact) mass is 466 g/mol. The van der Waals surface area contributed by atoms with Gasteiger partial charge in [-0.05, 0) is 48.8 Å². The fraction of sp³-hybridized carbons (Fsp3) is 0.423. The number of thioether (sulfide) groups is 1. The van der Waals surface area contributed by atoms with Crippen molar-refractivity contribution in [2.45, 2.75) is 44.8 Å². The Bertz CT molecular complexity index is 1060. The summed E-state index contributed by atoms with van der Waals surface area (Å²) in [5.74, 6) is 1.60. The lowest BCUT2D eigenvalue weighted by atomic mass is 9.90. The third kappa shape index (κ3) is 6.02. The number of piperidine rings is 1. The molecule has 0 aliphatic carbocycles. The first kappa shape index (κ1) is 23.5. The van der Waals surface area contributed by atoms with E-state index in [0.29, 0.717) is 40.7 Å². The largest absolute Gasteiger partial charge is 0.342 e. The Kier molecular flexibility index (Phi) is 7.81. The van der Waals surface area contributed by atoms with E-state index in [2.05, 4.69) is 48.3 Å². The van der Waals surface area contributed by atoms with Gasteiger partial charge in [0.05, 0.1) is 11.3 Å². The van der Waals surface area contributed by atoms with Crippen LogP contribution in [0.25, 0.3) is 11.4 Å². The second-order valence-corrected chi connectivity index (χ2v) is 10.0. The van der Waals surface area contributed by atoms with Crippen LogP contribution >= 0.6 is 11.8 Å². The van der Waals surface area contributed by atoms with Crippen LogP contribution in [-0.2, 0) is 17.8 Å². The first-order valence-corrected chi connectivity index (χ1v) is 12.6. The van der Waals surface area contributed by atoms with Gasteiger partial charge in [0.25, 0.3) is 0 Å². The number of carbonyl (C=O) groups excluding carboxylic acids is 1. The zero-order valence-corrected chi connectivity index (χ0v) is 20.1. The van der Waals surface area contributed by atoms with E-state index in [4.69, 9.17) is 0 Å². The van der Waals surface area contributed by atoms with Crippen molar-refractivity contribution in [3.8, 4) is 11.4 Å². The van der Waals surface area contributed by atoms with Crippen molar-refractivity contribution in [3.05, 3.63) is 66.0 Å². The minimum absolute atomic E-state index is 0.129. The normalized spacial score (nSPS) is 14.7. The quantitative estimate of drug-likeness (QED) is 0.422. The summed E-state index contributed by atoms with van der Waals surface area (Å²) in [6.45, 7) is 6.47. The number of halogens is 1. The van der Waals surface area contributed by atoms with Crippen molar-refractivity contribution >= 4 is 17.7 Å². The number of rotatable bonds is 8. The summed E-state index contributed by atoms with van der Waals surface area (Å²) in [7, 11) is 0. The molecular weight excluding hydrogens is 435 g/mol. The van der Waals surface area contributed by atoms with E-state index in [1.165, 1.54) is 23.4 Å². The van der Waals surface area contributed by atoms with Crippen LogP contribution in [-0.4, -0.2) is 44.4 Å². The number of carbonyl (C=O) groups is 1. The second-order valence-electron chi connectivity index (χ2n) is 9.09. The Morgan fingerprint density at radius 1 is 1.06 bits per heavy atom. The lowest BCUT2D eigenvalue weighted by Gasteiger charge is -2.32. The van der Waals surface area contributed by atoms with Crippen LogP contribution in [0.4, 0.5) is 4.39 Å². The van der Waals surface area contributed by atoms with Gasteiger partial charge >= 0.3 is 0 Å². The number of amides is 1. The predicted molar refractivity (Wildman–Crippen MR) is 130 cm³/mol. The van der Waals surface area contributed by atoms with Crippen LogP contribution in [0.15, 0.2) is 59.8 Å². The summed E-state index contributed by atoms with van der Waals surface area (Å²) < 4.78 is 16.3. The molecule has 7 heteroatoms. The van der Waals surface area contributed by atoms with Gasteiger partial charge in [0.1, 0.15) is 5.82 Å². The van der Waals surface area contributed by atoms with Crippen LogP contribution in [0.1, 0.15) is 32.3 Å². The minimum atomic E-state index is -0.319.